The molecule has 0 spiro atoms. The molecule has 1 N–H and O–H groups in total. The molecule has 2 aliphatic rings. The number of amides is 1. The molecule has 3 aromatic carbocycles. The molecule has 0 saturated carbocycles. The Hall–Kier alpha value is -3.40. The minimum Gasteiger partial charge on any atom is -0.744 e. The number of hydrogen-bond acceptors (Lipinski definition) is 11. The fourth-order valence-corrected chi connectivity index (χ4v) is 10.8. The van der Waals surface area contributed by atoms with Crippen LogP contribution in [-0.4, -0.2) is 58.2 Å². The van der Waals surface area contributed by atoms with Crippen LogP contribution in [0.2, 0.25) is 0 Å². The van der Waals surface area contributed by atoms with Gasteiger partial charge in [0.1, 0.15) is 32.9 Å². The van der Waals surface area contributed by atoms with Crippen molar-refractivity contribution < 1.29 is 31.8 Å². The van der Waals surface area contributed by atoms with Crippen LogP contribution in [-0.2, 0) is 21.5 Å². The smallest absolute Gasteiger partial charge is 0.263 e. The first-order valence-electron chi connectivity index (χ1n) is 18.0. The summed E-state index contributed by atoms with van der Waals surface area (Å²) in [5.41, 5.74) is 5.63. The van der Waals surface area contributed by atoms with Crippen LogP contribution in [0.25, 0.3) is 16.3 Å². The van der Waals surface area contributed by atoms with Crippen molar-refractivity contribution in [2.24, 2.45) is 5.92 Å². The minimum absolute atomic E-state index is 0.101. The van der Waals surface area contributed by atoms with E-state index in [-0.39, 0.29) is 22.8 Å². The molecular weight excluding hydrogens is 791 g/mol. The number of carbonyl (C=O) groups excluding carboxylic acids is 1. The normalized spacial score (nSPS) is 17.0. The van der Waals surface area contributed by atoms with E-state index >= 15 is 0 Å². The Balaban J connectivity index is 0.000000454. The number of nitrogens with zero attached hydrogens (tertiary/aromatic N) is 2. The van der Waals surface area contributed by atoms with Crippen LogP contribution in [0.3, 0.4) is 0 Å². The number of carbonyl (C=O) groups is 1. The second kappa shape index (κ2) is 18.7. The van der Waals surface area contributed by atoms with Gasteiger partial charge in [-0.2, -0.15) is 4.57 Å². The Bertz CT molecular complexity index is 2240. The highest BCUT2D eigenvalue weighted by molar-refractivity contribution is 8.03. The van der Waals surface area contributed by atoms with Crippen molar-refractivity contribution in [3.8, 4) is 11.5 Å². The van der Waals surface area contributed by atoms with Crippen molar-refractivity contribution in [3.63, 3.8) is 0 Å². The maximum atomic E-state index is 13.4. The summed E-state index contributed by atoms with van der Waals surface area (Å²) in [6.07, 6.45) is 12.5. The second-order valence-corrected chi connectivity index (χ2v) is 18.5. The number of aryl methyl sites for hydroxylation is 2. The number of allylic oxidation sites excluding steroid dienone is 4. The van der Waals surface area contributed by atoms with Crippen LogP contribution in [0.1, 0.15) is 51.1 Å². The number of anilines is 1. The molecule has 2 heterocycles. The van der Waals surface area contributed by atoms with Gasteiger partial charge in [0.25, 0.3) is 5.01 Å². The average Bonchev–Trinajstić information content (AvgIpc) is 3.67. The quantitative estimate of drug-likeness (QED) is 0.0892. The third-order valence-corrected chi connectivity index (χ3v) is 13.7. The van der Waals surface area contributed by atoms with Gasteiger partial charge in [0.05, 0.1) is 45.7 Å². The average molecular weight is 840 g/mol. The molecule has 6 rings (SSSR count). The number of aromatic nitrogens is 1. The molecule has 1 aliphatic carbocycles. The summed E-state index contributed by atoms with van der Waals surface area (Å²) >= 11 is 6.99. The first-order valence-corrected chi connectivity index (χ1v) is 23.5. The van der Waals surface area contributed by atoms with Gasteiger partial charge in [-0.25, -0.2) is 8.42 Å². The summed E-state index contributed by atoms with van der Waals surface area (Å²) in [6, 6.07) is 14.7. The summed E-state index contributed by atoms with van der Waals surface area (Å²) in [5, 5.41) is 5.54. The summed E-state index contributed by atoms with van der Waals surface area (Å²) in [6.45, 7) is 11.9. The molecule has 0 bridgehead atoms. The second-order valence-electron chi connectivity index (χ2n) is 13.3. The third kappa shape index (κ3) is 10.1. The molecular formula is C41H49N3O6S5. The van der Waals surface area contributed by atoms with Gasteiger partial charge in [-0.1, -0.05) is 46.9 Å². The number of thioether (sulfide) groups is 3. The van der Waals surface area contributed by atoms with E-state index in [1.54, 1.807) is 73.0 Å². The highest BCUT2D eigenvalue weighted by Gasteiger charge is 2.30. The number of fused-ring (bicyclic) bond motifs is 2. The first-order chi connectivity index (χ1) is 26.2. The Morgan fingerprint density at radius 1 is 1.02 bits per heavy atom. The first kappa shape index (κ1) is 42.7. The number of rotatable bonds is 11. The van der Waals surface area contributed by atoms with Crippen molar-refractivity contribution in [2.75, 3.05) is 38.2 Å². The van der Waals surface area contributed by atoms with Crippen LogP contribution in [0.4, 0.5) is 5.69 Å². The molecule has 1 aromatic heterocycles. The minimum atomic E-state index is -4.27. The van der Waals surface area contributed by atoms with Gasteiger partial charge in [-0.05, 0) is 101 Å². The van der Waals surface area contributed by atoms with E-state index in [1.807, 2.05) is 20.8 Å². The van der Waals surface area contributed by atoms with Crippen LogP contribution < -0.4 is 24.3 Å². The molecule has 0 radical (unpaired) electrons. The van der Waals surface area contributed by atoms with Gasteiger partial charge in [0.2, 0.25) is 11.4 Å². The number of methoxy groups -OCH3 is 2. The van der Waals surface area contributed by atoms with E-state index in [4.69, 9.17) is 9.47 Å². The van der Waals surface area contributed by atoms with Gasteiger partial charge < -0.3 is 24.2 Å². The van der Waals surface area contributed by atoms with Gasteiger partial charge in [0, 0.05) is 35.5 Å². The van der Waals surface area contributed by atoms with Crippen LogP contribution >= 0.6 is 46.6 Å². The number of hydrogen-bond donors (Lipinski definition) is 1. The zero-order valence-corrected chi connectivity index (χ0v) is 36.8. The predicted octanol–water partition coefficient (Wildman–Crippen LogP) is 9.29. The lowest BCUT2D eigenvalue weighted by Gasteiger charge is -2.25. The van der Waals surface area contributed by atoms with E-state index in [0.717, 1.165) is 39.9 Å². The Morgan fingerprint density at radius 2 is 1.67 bits per heavy atom. The molecule has 1 atom stereocenters. The highest BCUT2D eigenvalue weighted by Crippen LogP contribution is 2.50. The zero-order valence-electron chi connectivity index (χ0n) is 32.7. The Kier molecular flexibility index (Phi) is 14.5. The van der Waals surface area contributed by atoms with Crippen molar-refractivity contribution in [3.05, 3.63) is 87.4 Å². The number of ether oxygens (including phenoxy) is 2. The topological polar surface area (TPSA) is 112 Å². The largest absolute Gasteiger partial charge is 0.744 e. The molecule has 1 amide bonds. The van der Waals surface area contributed by atoms with Crippen LogP contribution in [0.15, 0.2) is 96.4 Å². The van der Waals surface area contributed by atoms with Crippen molar-refractivity contribution in [1.29, 1.82) is 0 Å². The van der Waals surface area contributed by atoms with E-state index in [2.05, 4.69) is 83.6 Å². The number of benzene rings is 3. The maximum Gasteiger partial charge on any atom is 0.263 e. The van der Waals surface area contributed by atoms with Crippen molar-refractivity contribution in [2.45, 2.75) is 79.6 Å². The fourth-order valence-electron chi connectivity index (χ4n) is 6.53. The van der Waals surface area contributed by atoms with Crippen molar-refractivity contribution in [1.82, 2.24) is 5.32 Å². The standard InChI is InChI=1S/C34H41N3O3S4.C7H8O3S/c1-9-36-24-16-26(39-5)30(41-7)18-28(24)43-32(36)14-21-11-22(13-23(12-21)34(38)35-20(3)4)15-33-37(10-2)25-17-27(40-6)31(42-8)19-29(25)44-33;1-6-2-4-7(5-3-6)11(8,9)10/h11,14-20,23H,9-10,12-13H2,1-8H3;2-5H,1H3,(H,8,9,10). The Labute approximate surface area is 342 Å². The monoisotopic (exact) mass is 839 g/mol. The van der Waals surface area contributed by atoms with Gasteiger partial charge in [-0.3, -0.25) is 4.79 Å². The van der Waals surface area contributed by atoms with Crippen LogP contribution in [0, 0.1) is 12.8 Å². The van der Waals surface area contributed by atoms with Gasteiger partial charge in [-0.15, -0.1) is 23.5 Å². The predicted molar refractivity (Wildman–Crippen MR) is 229 cm³/mol. The lowest BCUT2D eigenvalue weighted by molar-refractivity contribution is -0.665. The van der Waals surface area contributed by atoms with Gasteiger partial charge >= 0.3 is 0 Å². The summed E-state index contributed by atoms with van der Waals surface area (Å²) in [4.78, 5) is 19.1. The summed E-state index contributed by atoms with van der Waals surface area (Å²) < 4.78 is 46.2. The zero-order chi connectivity index (χ0) is 40.0. The highest BCUT2D eigenvalue weighted by atomic mass is 32.2. The SMILES string of the molecule is CCN1/C(=C/C2=CC(=C/c3sc4cc(SC)c(OC)cc4[n+]3CC)/CC(C(=O)NC(C)C)C2)Sc2cc(SC)c(OC)cc21.Cc1ccc(S(=O)(=O)[O-])cc1. The van der Waals surface area contributed by atoms with Crippen LogP contribution in [0.5, 0.6) is 11.5 Å². The lowest BCUT2D eigenvalue weighted by Crippen LogP contribution is -2.37. The molecule has 1 unspecified atom stereocenters. The third-order valence-electron chi connectivity index (χ3n) is 9.17. The molecule has 294 valence electrons. The molecule has 0 fully saturated rings. The molecule has 55 heavy (non-hydrogen) atoms. The maximum absolute atomic E-state index is 13.4. The number of thiazole rings is 1. The molecule has 1 aliphatic heterocycles. The van der Waals surface area contributed by atoms with E-state index in [9.17, 15) is 17.8 Å². The molecule has 14 heteroatoms. The summed E-state index contributed by atoms with van der Waals surface area (Å²) in [5.74, 6) is 1.80. The van der Waals surface area contributed by atoms with Crippen molar-refractivity contribution >= 4 is 84.6 Å². The van der Waals surface area contributed by atoms with E-state index in [1.165, 1.54) is 54.1 Å². The Morgan fingerprint density at radius 3 is 2.25 bits per heavy atom. The molecule has 0 saturated heterocycles. The van der Waals surface area contributed by atoms with Gasteiger partial charge in [0.15, 0.2) is 0 Å². The number of nitrogens with one attached hydrogen (secondary N) is 1. The van der Waals surface area contributed by atoms with E-state index in [0.29, 0.717) is 12.8 Å². The lowest BCUT2D eigenvalue weighted by atomic mass is 9.84. The molecule has 4 aromatic rings. The summed E-state index contributed by atoms with van der Waals surface area (Å²) in [7, 11) is -0.804. The fraction of sp³-hybridized carbons (Fsp3) is 0.366. The van der Waals surface area contributed by atoms with E-state index < -0.39 is 10.1 Å². The molecule has 9 nitrogen and oxygen atoms in total.